The van der Waals surface area contributed by atoms with E-state index >= 15 is 0 Å². The molecule has 2 aromatic carbocycles. The molecule has 0 aliphatic heterocycles. The molecule has 0 N–H and O–H groups in total. The maximum absolute atomic E-state index is 6.98. The van der Waals surface area contributed by atoms with Crippen molar-refractivity contribution in [2.24, 2.45) is 0 Å². The Balaban J connectivity index is 1.06. The summed E-state index contributed by atoms with van der Waals surface area (Å²) in [6.07, 6.45) is 29.0. The van der Waals surface area contributed by atoms with Crippen molar-refractivity contribution in [3.8, 4) is 0 Å². The molecule has 305 valence electrons. The highest BCUT2D eigenvalue weighted by Crippen LogP contribution is 2.55. The lowest BCUT2D eigenvalue weighted by Gasteiger charge is -2.38. The molecule has 8 rings (SSSR count). The van der Waals surface area contributed by atoms with Crippen LogP contribution in [0.2, 0.25) is 53.9 Å². The van der Waals surface area contributed by atoms with Crippen LogP contribution in [0.4, 0.5) is 0 Å². The lowest BCUT2D eigenvalue weighted by atomic mass is 9.88. The van der Waals surface area contributed by atoms with Crippen LogP contribution in [0.25, 0.3) is 0 Å². The summed E-state index contributed by atoms with van der Waals surface area (Å²) in [5, 5.41) is 0.422. The molecule has 6 atom stereocenters. The average Bonchev–Trinajstić information content (AvgIpc) is 3.82. The molecule has 1 radical (unpaired) electrons. The third-order valence-corrected chi connectivity index (χ3v) is 27.8. The average molecular weight is 822 g/mol. The van der Waals surface area contributed by atoms with E-state index in [0.717, 1.165) is 25.7 Å². The molecular weight excluding hydrogens is 753 g/mol. The minimum absolute atomic E-state index is 0.211. The molecule has 6 unspecified atom stereocenters. The second-order valence-electron chi connectivity index (χ2n) is 21.4. The summed E-state index contributed by atoms with van der Waals surface area (Å²) in [5.41, 5.74) is 18.8. The van der Waals surface area contributed by atoms with E-state index in [2.05, 4.69) is 185 Å². The Kier molecular flexibility index (Phi) is 10.9. The first-order chi connectivity index (χ1) is 27.3. The number of rotatable bonds is 8. The van der Waals surface area contributed by atoms with Gasteiger partial charge in [0.05, 0.1) is 21.0 Å². The molecule has 0 heterocycles. The predicted octanol–water partition coefficient (Wildman–Crippen LogP) is 15.2. The van der Waals surface area contributed by atoms with Gasteiger partial charge >= 0.3 is 0 Å². The molecule has 2 nitrogen and oxygen atoms in total. The summed E-state index contributed by atoms with van der Waals surface area (Å²) in [6, 6.07) is 14.7. The van der Waals surface area contributed by atoms with Gasteiger partial charge in [-0.25, -0.2) is 0 Å². The van der Waals surface area contributed by atoms with Crippen molar-refractivity contribution < 1.29 is 8.85 Å². The van der Waals surface area contributed by atoms with Crippen LogP contribution < -0.4 is 0 Å². The highest BCUT2D eigenvalue weighted by molar-refractivity contribution is 6.74. The summed E-state index contributed by atoms with van der Waals surface area (Å²) in [7, 11) is -4.66. The molecule has 0 aromatic heterocycles. The predicted molar refractivity (Wildman–Crippen MR) is 254 cm³/mol. The molecule has 0 saturated carbocycles. The van der Waals surface area contributed by atoms with Crippen molar-refractivity contribution in [1.29, 1.82) is 0 Å². The van der Waals surface area contributed by atoms with Crippen LogP contribution in [0.15, 0.2) is 131 Å². The van der Waals surface area contributed by atoms with E-state index < -0.39 is 25.4 Å². The largest absolute Gasteiger partial charge is 0.410 e. The van der Waals surface area contributed by atoms with Crippen LogP contribution >= 0.6 is 0 Å². The maximum atomic E-state index is 6.98. The molecule has 0 fully saturated rings. The normalized spacial score (nSPS) is 26.9. The minimum atomic E-state index is -1.85. The van der Waals surface area contributed by atoms with Crippen LogP contribution in [-0.4, -0.2) is 25.4 Å². The molecule has 0 bridgehead atoms. The molecule has 5 heteroatoms. The van der Waals surface area contributed by atoms with Crippen molar-refractivity contribution in [3.63, 3.8) is 0 Å². The van der Waals surface area contributed by atoms with Gasteiger partial charge in [0.25, 0.3) is 0 Å². The first kappa shape index (κ1) is 41.7. The topological polar surface area (TPSA) is 18.5 Å². The Labute approximate surface area is 355 Å². The van der Waals surface area contributed by atoms with Gasteiger partial charge < -0.3 is 8.85 Å². The van der Waals surface area contributed by atoms with Gasteiger partial charge in [-0.2, -0.15) is 0 Å². The first-order valence-corrected chi connectivity index (χ1v) is 30.2. The van der Waals surface area contributed by atoms with E-state index in [9.17, 15) is 0 Å². The fourth-order valence-corrected chi connectivity index (χ4v) is 16.4. The first-order valence-electron chi connectivity index (χ1n) is 22.2. The van der Waals surface area contributed by atoms with Gasteiger partial charge in [0.1, 0.15) is 0 Å². The quantitative estimate of drug-likeness (QED) is 0.247. The molecule has 6 aliphatic rings. The highest BCUT2D eigenvalue weighted by Gasteiger charge is 2.44. The zero-order chi connectivity index (χ0) is 41.5. The van der Waals surface area contributed by atoms with Gasteiger partial charge in [-0.05, 0) is 143 Å². The molecule has 2 aromatic rings. The van der Waals surface area contributed by atoms with Crippen molar-refractivity contribution in [3.05, 3.63) is 164 Å². The zero-order valence-corrected chi connectivity index (χ0v) is 40.8. The number of benzene rings is 2. The molecule has 0 spiro atoms. The van der Waals surface area contributed by atoms with Gasteiger partial charge in [0, 0.05) is 11.8 Å². The number of allylic oxidation sites excluding steroid dienone is 16. The van der Waals surface area contributed by atoms with Crippen molar-refractivity contribution in [1.82, 2.24) is 0 Å². The summed E-state index contributed by atoms with van der Waals surface area (Å²) < 4.78 is 14.0. The van der Waals surface area contributed by atoms with Crippen LogP contribution in [0.5, 0.6) is 0 Å². The Morgan fingerprint density at radius 3 is 1.34 bits per heavy atom. The summed E-state index contributed by atoms with van der Waals surface area (Å²) >= 11 is 0. The second kappa shape index (κ2) is 15.1. The summed E-state index contributed by atoms with van der Waals surface area (Å²) in [5.74, 6) is 0.525. The molecular formula is C53H69O2Si3. The number of hydrogen-bond acceptors (Lipinski definition) is 2. The van der Waals surface area contributed by atoms with E-state index in [4.69, 9.17) is 8.85 Å². The van der Waals surface area contributed by atoms with Crippen molar-refractivity contribution in [2.75, 3.05) is 0 Å². The van der Waals surface area contributed by atoms with Crippen molar-refractivity contribution in [2.45, 2.75) is 159 Å². The lowest BCUT2D eigenvalue weighted by Crippen LogP contribution is -2.41. The Hall–Kier alpha value is -3.07. The van der Waals surface area contributed by atoms with E-state index in [1.807, 2.05) is 0 Å². The van der Waals surface area contributed by atoms with E-state index in [0.29, 0.717) is 11.1 Å². The standard InChI is InChI=1S/C53H69O2Si3/c1-34-30-46-40(36-22-26-42-38(32-36)24-28-48(42)54-57(10,11)52(3,4)5)18-14-16-20-44(46)50(34)56(9)51-35(2)31-47-41(19-15-17-21-45(47)51)37-23-27-43-39(33-37)25-29-49(43)55-58(12,13)53(6,7)8/h14-23,26-27,30-33,40-41,48-51H,24-25,28-29H2,1-13H3. The van der Waals surface area contributed by atoms with Gasteiger partial charge in [-0.3, -0.25) is 0 Å². The monoisotopic (exact) mass is 821 g/mol. The summed E-state index contributed by atoms with van der Waals surface area (Å²) in [6.45, 7) is 31.1. The van der Waals surface area contributed by atoms with Gasteiger partial charge in [-0.1, -0.05) is 156 Å². The van der Waals surface area contributed by atoms with Crippen LogP contribution in [-0.2, 0) is 21.7 Å². The zero-order valence-electron chi connectivity index (χ0n) is 37.8. The van der Waals surface area contributed by atoms with E-state index in [-0.39, 0.29) is 34.1 Å². The summed E-state index contributed by atoms with van der Waals surface area (Å²) in [4.78, 5) is 0. The molecule has 0 amide bonds. The minimum Gasteiger partial charge on any atom is -0.410 e. The number of aryl methyl sites for hydroxylation is 2. The van der Waals surface area contributed by atoms with Gasteiger partial charge in [0.2, 0.25) is 0 Å². The van der Waals surface area contributed by atoms with Gasteiger partial charge in [0.15, 0.2) is 16.6 Å². The Morgan fingerprint density at radius 1 is 0.569 bits per heavy atom. The maximum Gasteiger partial charge on any atom is 0.192 e. The van der Waals surface area contributed by atoms with Crippen LogP contribution in [0, 0.1) is 0 Å². The van der Waals surface area contributed by atoms with Gasteiger partial charge in [-0.15, -0.1) is 0 Å². The smallest absolute Gasteiger partial charge is 0.192 e. The fraction of sp³-hybridized carbons (Fsp3) is 0.472. The second-order valence-corrected chi connectivity index (χ2v) is 33.5. The Bertz CT molecular complexity index is 2080. The number of hydrogen-bond donors (Lipinski definition) is 0. The third-order valence-electron chi connectivity index (χ3n) is 15.5. The molecule has 0 saturated heterocycles. The lowest BCUT2D eigenvalue weighted by molar-refractivity contribution is 0.185. The Morgan fingerprint density at radius 2 is 0.966 bits per heavy atom. The van der Waals surface area contributed by atoms with Crippen LogP contribution in [0.1, 0.15) is 126 Å². The number of fused-ring (bicyclic) bond motifs is 2. The highest BCUT2D eigenvalue weighted by atomic mass is 28.4. The van der Waals surface area contributed by atoms with E-state index in [1.54, 1.807) is 11.1 Å². The van der Waals surface area contributed by atoms with E-state index in [1.165, 1.54) is 55.7 Å². The van der Waals surface area contributed by atoms with Crippen LogP contribution in [0.3, 0.4) is 0 Å². The fourth-order valence-electron chi connectivity index (χ4n) is 10.3. The SMILES string of the molecule is CC1=CC2=C(C=CC=CC2c2ccc3c(c2)CCC3O[Si](C)(C)C(C)(C)C)C1[Si](C)C1C(C)=CC2=C1C=CC=CC2c1ccc2c(c1)CCC2O[Si](C)(C)C(C)(C)C. The van der Waals surface area contributed by atoms with Crippen molar-refractivity contribution >= 4 is 25.4 Å². The molecule has 58 heavy (non-hydrogen) atoms. The molecule has 6 aliphatic carbocycles. The third kappa shape index (κ3) is 7.40.